The summed E-state index contributed by atoms with van der Waals surface area (Å²) in [5.74, 6) is 1.12. The summed E-state index contributed by atoms with van der Waals surface area (Å²) in [6.45, 7) is 3.55. The fourth-order valence-electron chi connectivity index (χ4n) is 1.97. The summed E-state index contributed by atoms with van der Waals surface area (Å²) in [5, 5.41) is 0. The number of hydrogen-bond donors (Lipinski definition) is 1. The molecule has 0 radical (unpaired) electrons. The fourth-order valence-corrected chi connectivity index (χ4v) is 1.97. The Morgan fingerprint density at radius 3 is 2.72 bits per heavy atom. The summed E-state index contributed by atoms with van der Waals surface area (Å²) in [4.78, 5) is 23.2. The predicted octanol–water partition coefficient (Wildman–Crippen LogP) is -0.907. The minimum atomic E-state index is -0.285. The minimum Gasteiger partial charge on any atom is -0.481 e. The second-order valence-electron chi connectivity index (χ2n) is 4.15. The highest BCUT2D eigenvalue weighted by molar-refractivity contribution is 5.75. The van der Waals surface area contributed by atoms with Crippen LogP contribution in [0.15, 0.2) is 12.4 Å². The summed E-state index contributed by atoms with van der Waals surface area (Å²) in [7, 11) is 1.58. The van der Waals surface area contributed by atoms with Crippen LogP contribution in [0.4, 0.5) is 5.82 Å². The molecule has 1 aliphatic rings. The second kappa shape index (κ2) is 5.63. The molecular formula is C11H17N5O2. The zero-order chi connectivity index (χ0) is 13.0. The van der Waals surface area contributed by atoms with Crippen molar-refractivity contribution in [1.29, 1.82) is 0 Å². The zero-order valence-electron chi connectivity index (χ0n) is 10.4. The lowest BCUT2D eigenvalue weighted by Crippen LogP contribution is -2.49. The van der Waals surface area contributed by atoms with Crippen molar-refractivity contribution in [2.24, 2.45) is 5.73 Å². The Morgan fingerprint density at radius 1 is 1.39 bits per heavy atom. The van der Waals surface area contributed by atoms with E-state index in [4.69, 9.17) is 10.5 Å². The predicted molar refractivity (Wildman–Crippen MR) is 66.4 cm³/mol. The molecule has 0 aromatic carbocycles. The molecular weight excluding hydrogens is 234 g/mol. The molecule has 1 aromatic heterocycles. The number of aromatic nitrogens is 2. The number of nitrogens with zero attached hydrogens (tertiary/aromatic N) is 4. The first-order valence-electron chi connectivity index (χ1n) is 5.80. The lowest BCUT2D eigenvalue weighted by atomic mass is 10.3. The number of primary amides is 1. The van der Waals surface area contributed by atoms with Gasteiger partial charge in [0.05, 0.1) is 13.7 Å². The first kappa shape index (κ1) is 12.6. The Labute approximate surface area is 106 Å². The number of anilines is 1. The van der Waals surface area contributed by atoms with Gasteiger partial charge in [0.25, 0.3) is 0 Å². The van der Waals surface area contributed by atoms with Crippen molar-refractivity contribution < 1.29 is 9.53 Å². The Bertz CT molecular complexity index is 418. The first-order valence-corrected chi connectivity index (χ1v) is 5.80. The van der Waals surface area contributed by atoms with E-state index < -0.39 is 0 Å². The van der Waals surface area contributed by atoms with Gasteiger partial charge in [0.2, 0.25) is 11.8 Å². The molecule has 2 N–H and O–H groups in total. The van der Waals surface area contributed by atoms with Gasteiger partial charge < -0.3 is 15.4 Å². The van der Waals surface area contributed by atoms with E-state index in [1.165, 1.54) is 6.33 Å². The maximum Gasteiger partial charge on any atom is 0.231 e. The molecule has 1 saturated heterocycles. The summed E-state index contributed by atoms with van der Waals surface area (Å²) >= 11 is 0. The standard InChI is InChI=1S/C11H17N5O2/c1-18-11-6-10(13-8-14-11)16-4-2-15(3-5-16)7-9(12)17/h6,8H,2-5,7H2,1H3,(H2,12,17). The topological polar surface area (TPSA) is 84.6 Å². The molecule has 0 bridgehead atoms. The summed E-state index contributed by atoms with van der Waals surface area (Å²) < 4.78 is 5.07. The van der Waals surface area contributed by atoms with Crippen LogP contribution in [0.1, 0.15) is 0 Å². The molecule has 18 heavy (non-hydrogen) atoms. The van der Waals surface area contributed by atoms with E-state index in [1.807, 2.05) is 11.0 Å². The van der Waals surface area contributed by atoms with E-state index >= 15 is 0 Å². The van der Waals surface area contributed by atoms with Gasteiger partial charge in [-0.15, -0.1) is 0 Å². The van der Waals surface area contributed by atoms with Gasteiger partial charge in [-0.25, -0.2) is 9.97 Å². The Hall–Kier alpha value is -1.89. The van der Waals surface area contributed by atoms with E-state index in [0.29, 0.717) is 12.4 Å². The molecule has 0 unspecified atom stereocenters. The van der Waals surface area contributed by atoms with Gasteiger partial charge in [-0.05, 0) is 0 Å². The molecule has 0 aliphatic carbocycles. The molecule has 98 valence electrons. The number of rotatable bonds is 4. The van der Waals surface area contributed by atoms with Gasteiger partial charge in [0.1, 0.15) is 12.1 Å². The SMILES string of the molecule is COc1cc(N2CCN(CC(N)=O)CC2)ncn1. The van der Waals surface area contributed by atoms with Crippen molar-refractivity contribution in [2.75, 3.05) is 44.7 Å². The van der Waals surface area contributed by atoms with Gasteiger partial charge in [0.15, 0.2) is 0 Å². The summed E-state index contributed by atoms with van der Waals surface area (Å²) in [6, 6.07) is 1.81. The molecule has 7 nitrogen and oxygen atoms in total. The van der Waals surface area contributed by atoms with Crippen LogP contribution >= 0.6 is 0 Å². The van der Waals surface area contributed by atoms with Crippen molar-refractivity contribution in [2.45, 2.75) is 0 Å². The highest BCUT2D eigenvalue weighted by Gasteiger charge is 2.19. The number of carbonyl (C=O) groups is 1. The zero-order valence-corrected chi connectivity index (χ0v) is 10.4. The molecule has 0 atom stereocenters. The number of methoxy groups -OCH3 is 1. The minimum absolute atomic E-state index is 0.285. The van der Waals surface area contributed by atoms with E-state index in [2.05, 4.69) is 14.9 Å². The van der Waals surface area contributed by atoms with Gasteiger partial charge >= 0.3 is 0 Å². The van der Waals surface area contributed by atoms with Crippen molar-refractivity contribution in [1.82, 2.24) is 14.9 Å². The summed E-state index contributed by atoms with van der Waals surface area (Å²) in [6.07, 6.45) is 1.49. The normalized spacial score (nSPS) is 16.6. The van der Waals surface area contributed by atoms with Crippen molar-refractivity contribution in [3.63, 3.8) is 0 Å². The molecule has 1 aliphatic heterocycles. The quantitative estimate of drug-likeness (QED) is 0.746. The van der Waals surface area contributed by atoms with Gasteiger partial charge in [0, 0.05) is 32.2 Å². The number of amides is 1. The Balaban J connectivity index is 1.94. The van der Waals surface area contributed by atoms with Crippen molar-refractivity contribution >= 4 is 11.7 Å². The van der Waals surface area contributed by atoms with Crippen LogP contribution in [0.3, 0.4) is 0 Å². The molecule has 1 fully saturated rings. The van der Waals surface area contributed by atoms with Crippen LogP contribution in [-0.4, -0.2) is 60.6 Å². The smallest absolute Gasteiger partial charge is 0.231 e. The molecule has 1 aromatic rings. The van der Waals surface area contributed by atoms with Crippen molar-refractivity contribution in [3.8, 4) is 5.88 Å². The third-order valence-corrected chi connectivity index (χ3v) is 2.91. The molecule has 1 amide bonds. The van der Waals surface area contributed by atoms with E-state index in [1.54, 1.807) is 7.11 Å². The van der Waals surface area contributed by atoms with Gasteiger partial charge in [-0.3, -0.25) is 9.69 Å². The third-order valence-electron chi connectivity index (χ3n) is 2.91. The lowest BCUT2D eigenvalue weighted by Gasteiger charge is -2.34. The molecule has 2 heterocycles. The van der Waals surface area contributed by atoms with Crippen LogP contribution in [0.25, 0.3) is 0 Å². The Morgan fingerprint density at radius 2 is 2.11 bits per heavy atom. The van der Waals surface area contributed by atoms with Crippen LogP contribution in [-0.2, 0) is 4.79 Å². The molecule has 2 rings (SSSR count). The van der Waals surface area contributed by atoms with Crippen LogP contribution in [0, 0.1) is 0 Å². The molecule has 0 saturated carbocycles. The maximum absolute atomic E-state index is 10.8. The fraction of sp³-hybridized carbons (Fsp3) is 0.545. The van der Waals surface area contributed by atoms with Crippen LogP contribution in [0.5, 0.6) is 5.88 Å². The number of hydrogen-bond acceptors (Lipinski definition) is 6. The molecule has 7 heteroatoms. The summed E-state index contributed by atoms with van der Waals surface area (Å²) in [5.41, 5.74) is 5.18. The van der Waals surface area contributed by atoms with Crippen LogP contribution in [0.2, 0.25) is 0 Å². The van der Waals surface area contributed by atoms with Crippen LogP contribution < -0.4 is 15.4 Å². The number of nitrogens with two attached hydrogens (primary N) is 1. The average Bonchev–Trinajstić information content (AvgIpc) is 2.39. The van der Waals surface area contributed by atoms with E-state index in [0.717, 1.165) is 32.0 Å². The number of piperazine rings is 1. The highest BCUT2D eigenvalue weighted by atomic mass is 16.5. The van der Waals surface area contributed by atoms with Gasteiger partial charge in [-0.2, -0.15) is 0 Å². The van der Waals surface area contributed by atoms with Crippen molar-refractivity contribution in [3.05, 3.63) is 12.4 Å². The van der Waals surface area contributed by atoms with E-state index in [-0.39, 0.29) is 5.91 Å². The lowest BCUT2D eigenvalue weighted by molar-refractivity contribution is -0.119. The number of carbonyl (C=O) groups excluding carboxylic acids is 1. The Kier molecular flexibility index (Phi) is 3.93. The highest BCUT2D eigenvalue weighted by Crippen LogP contribution is 2.16. The third kappa shape index (κ3) is 3.07. The second-order valence-corrected chi connectivity index (χ2v) is 4.15. The first-order chi connectivity index (χ1) is 8.69. The largest absolute Gasteiger partial charge is 0.481 e. The monoisotopic (exact) mass is 251 g/mol. The molecule has 0 spiro atoms. The van der Waals surface area contributed by atoms with Gasteiger partial charge in [-0.1, -0.05) is 0 Å². The average molecular weight is 251 g/mol. The maximum atomic E-state index is 10.8. The van der Waals surface area contributed by atoms with E-state index in [9.17, 15) is 4.79 Å². The number of ether oxygens (including phenoxy) is 1.